The molecule has 0 saturated heterocycles. The van der Waals surface area contributed by atoms with Crippen molar-refractivity contribution in [3.63, 3.8) is 0 Å². The maximum absolute atomic E-state index is 11.6. The van der Waals surface area contributed by atoms with Gasteiger partial charge in [0.1, 0.15) is 0 Å². The number of likely N-dealkylation sites (N-methyl/N-ethyl adjacent to an activating group) is 1. The third-order valence-corrected chi connectivity index (χ3v) is 1.91. The van der Waals surface area contributed by atoms with Crippen molar-refractivity contribution in [1.82, 2.24) is 15.6 Å². The number of nitrogens with zero attached hydrogens (tertiary/aromatic N) is 1. The van der Waals surface area contributed by atoms with Crippen LogP contribution in [0.5, 0.6) is 0 Å². The van der Waals surface area contributed by atoms with Crippen LogP contribution in [0.1, 0.15) is 10.4 Å². The summed E-state index contributed by atoms with van der Waals surface area (Å²) in [4.78, 5) is 26.4. The molecule has 0 spiro atoms. The number of aromatic nitrogens is 1. The maximum atomic E-state index is 11.6. The standard InChI is InChI=1S/C9H13N5O2/c1-11-8(15)5-13-9(16)6-2-3-12-4-7(6)14-10/h2-4,14H,5,10H2,1H3,(H,11,15)(H,13,16). The van der Waals surface area contributed by atoms with Crippen LogP contribution in [0.15, 0.2) is 18.5 Å². The van der Waals surface area contributed by atoms with Gasteiger partial charge < -0.3 is 16.1 Å². The van der Waals surface area contributed by atoms with Crippen molar-refractivity contribution >= 4 is 17.5 Å². The molecular formula is C9H13N5O2. The van der Waals surface area contributed by atoms with Crippen LogP contribution < -0.4 is 21.9 Å². The van der Waals surface area contributed by atoms with Gasteiger partial charge in [-0.2, -0.15) is 0 Å². The number of hydrazine groups is 1. The van der Waals surface area contributed by atoms with Gasteiger partial charge in [-0.25, -0.2) is 0 Å². The average Bonchev–Trinajstić information content (AvgIpc) is 2.35. The highest BCUT2D eigenvalue weighted by Crippen LogP contribution is 2.10. The number of anilines is 1. The quantitative estimate of drug-likeness (QED) is 0.380. The van der Waals surface area contributed by atoms with Gasteiger partial charge in [0.2, 0.25) is 5.91 Å². The van der Waals surface area contributed by atoms with Crippen molar-refractivity contribution in [1.29, 1.82) is 0 Å². The molecule has 0 aromatic carbocycles. The molecular weight excluding hydrogens is 210 g/mol. The van der Waals surface area contributed by atoms with Crippen LogP contribution in [0.2, 0.25) is 0 Å². The van der Waals surface area contributed by atoms with Gasteiger partial charge in [-0.15, -0.1) is 0 Å². The predicted molar refractivity (Wildman–Crippen MR) is 58.4 cm³/mol. The average molecular weight is 223 g/mol. The molecule has 2 amide bonds. The Morgan fingerprint density at radius 2 is 2.25 bits per heavy atom. The van der Waals surface area contributed by atoms with Crippen LogP contribution in [-0.4, -0.2) is 30.4 Å². The van der Waals surface area contributed by atoms with Gasteiger partial charge in [0, 0.05) is 13.2 Å². The van der Waals surface area contributed by atoms with Crippen molar-refractivity contribution in [2.75, 3.05) is 19.0 Å². The topological polar surface area (TPSA) is 109 Å². The summed E-state index contributed by atoms with van der Waals surface area (Å²) in [6, 6.07) is 1.51. The van der Waals surface area contributed by atoms with E-state index in [1.54, 1.807) is 0 Å². The highest BCUT2D eigenvalue weighted by Gasteiger charge is 2.11. The highest BCUT2D eigenvalue weighted by atomic mass is 16.2. The van der Waals surface area contributed by atoms with E-state index in [-0.39, 0.29) is 18.4 Å². The summed E-state index contributed by atoms with van der Waals surface area (Å²) in [5.41, 5.74) is 3.09. The Bertz CT molecular complexity index is 393. The van der Waals surface area contributed by atoms with Gasteiger partial charge in [0.05, 0.1) is 24.0 Å². The summed E-state index contributed by atoms with van der Waals surface area (Å²) in [7, 11) is 1.49. The number of nitrogens with one attached hydrogen (secondary N) is 3. The van der Waals surface area contributed by atoms with Crippen molar-refractivity contribution in [2.24, 2.45) is 5.84 Å². The molecule has 1 heterocycles. The van der Waals surface area contributed by atoms with E-state index in [1.165, 1.54) is 25.5 Å². The largest absolute Gasteiger partial charge is 0.358 e. The molecule has 0 aliphatic rings. The van der Waals surface area contributed by atoms with Gasteiger partial charge in [0.25, 0.3) is 5.91 Å². The first kappa shape index (κ1) is 11.9. The molecule has 0 unspecified atom stereocenters. The monoisotopic (exact) mass is 223 g/mol. The smallest absolute Gasteiger partial charge is 0.253 e. The van der Waals surface area contributed by atoms with Gasteiger partial charge in [-0.3, -0.25) is 20.4 Å². The number of nitrogens with two attached hydrogens (primary N) is 1. The minimum Gasteiger partial charge on any atom is -0.358 e. The zero-order chi connectivity index (χ0) is 12.0. The minimum absolute atomic E-state index is 0.0817. The first-order chi connectivity index (χ1) is 7.69. The van der Waals surface area contributed by atoms with Gasteiger partial charge in [-0.1, -0.05) is 0 Å². The number of rotatable bonds is 4. The summed E-state index contributed by atoms with van der Waals surface area (Å²) in [6.45, 7) is -0.0817. The Kier molecular flexibility index (Phi) is 4.22. The molecule has 1 rings (SSSR count). The van der Waals surface area contributed by atoms with Crippen molar-refractivity contribution in [2.45, 2.75) is 0 Å². The molecule has 0 aliphatic heterocycles. The molecule has 86 valence electrons. The molecule has 1 aromatic rings. The lowest BCUT2D eigenvalue weighted by Gasteiger charge is -2.08. The Morgan fingerprint density at radius 1 is 1.50 bits per heavy atom. The van der Waals surface area contributed by atoms with E-state index in [4.69, 9.17) is 5.84 Å². The zero-order valence-corrected chi connectivity index (χ0v) is 8.78. The summed E-state index contributed by atoms with van der Waals surface area (Å²) in [6.07, 6.45) is 2.89. The van der Waals surface area contributed by atoms with Gasteiger partial charge in [0.15, 0.2) is 0 Å². The zero-order valence-electron chi connectivity index (χ0n) is 8.78. The van der Waals surface area contributed by atoms with E-state index in [0.29, 0.717) is 11.3 Å². The van der Waals surface area contributed by atoms with Crippen LogP contribution in [-0.2, 0) is 4.79 Å². The second-order valence-electron chi connectivity index (χ2n) is 2.92. The van der Waals surface area contributed by atoms with Gasteiger partial charge >= 0.3 is 0 Å². The minimum atomic E-state index is -0.390. The summed E-state index contributed by atoms with van der Waals surface area (Å²) in [5, 5.41) is 4.84. The van der Waals surface area contributed by atoms with E-state index < -0.39 is 0 Å². The third-order valence-electron chi connectivity index (χ3n) is 1.91. The van der Waals surface area contributed by atoms with E-state index in [1.807, 2.05) is 0 Å². The van der Waals surface area contributed by atoms with E-state index in [2.05, 4.69) is 21.0 Å². The highest BCUT2D eigenvalue weighted by molar-refractivity contribution is 6.00. The first-order valence-corrected chi connectivity index (χ1v) is 4.58. The second kappa shape index (κ2) is 5.66. The van der Waals surface area contributed by atoms with Crippen molar-refractivity contribution < 1.29 is 9.59 Å². The van der Waals surface area contributed by atoms with E-state index in [0.717, 1.165) is 0 Å². The predicted octanol–water partition coefficient (Wildman–Crippen LogP) is -1.16. The maximum Gasteiger partial charge on any atom is 0.253 e. The lowest BCUT2D eigenvalue weighted by molar-refractivity contribution is -0.119. The third kappa shape index (κ3) is 2.92. The van der Waals surface area contributed by atoms with Crippen LogP contribution in [0.3, 0.4) is 0 Å². The fourth-order valence-electron chi connectivity index (χ4n) is 1.05. The number of hydrogen-bond acceptors (Lipinski definition) is 5. The van der Waals surface area contributed by atoms with Crippen LogP contribution in [0.4, 0.5) is 5.69 Å². The lowest BCUT2D eigenvalue weighted by Crippen LogP contribution is -2.35. The molecule has 0 radical (unpaired) electrons. The Hall–Kier alpha value is -2.15. The molecule has 0 bridgehead atoms. The summed E-state index contributed by atoms with van der Waals surface area (Å²) in [5.74, 6) is 4.56. The van der Waals surface area contributed by atoms with Crippen LogP contribution >= 0.6 is 0 Å². The number of nitrogen functional groups attached to an aromatic ring is 1. The normalized spacial score (nSPS) is 9.38. The summed E-state index contributed by atoms with van der Waals surface area (Å²) >= 11 is 0. The van der Waals surface area contributed by atoms with Gasteiger partial charge in [-0.05, 0) is 6.07 Å². The number of carbonyl (C=O) groups is 2. The fraction of sp³-hybridized carbons (Fsp3) is 0.222. The Morgan fingerprint density at radius 3 is 2.88 bits per heavy atom. The number of amides is 2. The van der Waals surface area contributed by atoms with Crippen molar-refractivity contribution in [3.05, 3.63) is 24.0 Å². The van der Waals surface area contributed by atoms with Crippen LogP contribution in [0, 0.1) is 0 Å². The molecule has 0 aliphatic carbocycles. The summed E-state index contributed by atoms with van der Waals surface area (Å²) < 4.78 is 0. The molecule has 7 nitrogen and oxygen atoms in total. The lowest BCUT2D eigenvalue weighted by atomic mass is 10.2. The van der Waals surface area contributed by atoms with Crippen molar-refractivity contribution in [3.8, 4) is 0 Å². The molecule has 7 heteroatoms. The fourth-order valence-corrected chi connectivity index (χ4v) is 1.05. The Balaban J connectivity index is 2.69. The van der Waals surface area contributed by atoms with E-state index in [9.17, 15) is 9.59 Å². The second-order valence-corrected chi connectivity index (χ2v) is 2.92. The number of hydrogen-bond donors (Lipinski definition) is 4. The molecule has 0 fully saturated rings. The molecule has 5 N–H and O–H groups in total. The molecule has 0 saturated carbocycles. The molecule has 1 aromatic heterocycles. The first-order valence-electron chi connectivity index (χ1n) is 4.58. The SMILES string of the molecule is CNC(=O)CNC(=O)c1ccncc1NN. The van der Waals surface area contributed by atoms with E-state index >= 15 is 0 Å². The van der Waals surface area contributed by atoms with Crippen LogP contribution in [0.25, 0.3) is 0 Å². The molecule has 16 heavy (non-hydrogen) atoms. The Labute approximate surface area is 92.4 Å². The number of carbonyl (C=O) groups excluding carboxylic acids is 2. The molecule has 0 atom stereocenters. The number of pyridine rings is 1.